The summed E-state index contributed by atoms with van der Waals surface area (Å²) < 4.78 is 17.5. The van der Waals surface area contributed by atoms with Crippen LogP contribution in [0, 0.1) is 6.92 Å². The molecule has 9 nitrogen and oxygen atoms in total. The highest BCUT2D eigenvalue weighted by Gasteiger charge is 2.18. The Kier molecular flexibility index (Phi) is 3.50. The first-order chi connectivity index (χ1) is 12.5. The largest absolute Gasteiger partial charge is 0.497 e. The second kappa shape index (κ2) is 5.73. The normalized spacial score (nSPS) is 11.2. The van der Waals surface area contributed by atoms with Crippen LogP contribution in [0.15, 0.2) is 42.9 Å². The second-order valence-electron chi connectivity index (χ2n) is 5.80. The summed E-state index contributed by atoms with van der Waals surface area (Å²) in [7, 11) is 3.09. The molecule has 1 aromatic carbocycles. The number of rotatable bonds is 3. The van der Waals surface area contributed by atoms with E-state index in [1.165, 1.54) is 17.8 Å². The molecule has 0 atom stereocenters. The zero-order chi connectivity index (χ0) is 18.4. The Labute approximate surface area is 145 Å². The number of nitrogens with zero attached hydrogens (tertiary/aromatic N) is 3. The number of H-pyrrole nitrogens is 1. The van der Waals surface area contributed by atoms with Gasteiger partial charge in [-0.05, 0) is 24.6 Å². The Morgan fingerprint density at radius 1 is 1.23 bits per heavy atom. The van der Waals surface area contributed by atoms with Crippen LogP contribution in [0.5, 0.6) is 5.75 Å². The molecule has 9 heteroatoms. The molecule has 0 unspecified atom stereocenters. The van der Waals surface area contributed by atoms with E-state index in [0.29, 0.717) is 17.1 Å². The van der Waals surface area contributed by atoms with Crippen molar-refractivity contribution in [2.24, 2.45) is 7.05 Å². The molecule has 4 rings (SSSR count). The summed E-state index contributed by atoms with van der Waals surface area (Å²) in [6.45, 7) is 1.94. The van der Waals surface area contributed by atoms with Crippen LogP contribution in [0.25, 0.3) is 34.0 Å². The smallest absolute Gasteiger partial charge is 0.328 e. The van der Waals surface area contributed by atoms with E-state index in [2.05, 4.69) is 15.1 Å². The molecule has 3 heterocycles. The van der Waals surface area contributed by atoms with E-state index < -0.39 is 11.2 Å². The highest BCUT2D eigenvalue weighted by molar-refractivity contribution is 5.86. The lowest BCUT2D eigenvalue weighted by molar-refractivity contribution is 0.412. The maximum atomic E-state index is 12.0. The van der Waals surface area contributed by atoms with E-state index in [0.717, 1.165) is 10.9 Å². The Morgan fingerprint density at radius 2 is 2.04 bits per heavy atom. The van der Waals surface area contributed by atoms with E-state index in [-0.39, 0.29) is 17.3 Å². The Balaban J connectivity index is 1.80. The minimum absolute atomic E-state index is 0.0617. The summed E-state index contributed by atoms with van der Waals surface area (Å²) in [5.74, 6) is 1.24. The van der Waals surface area contributed by atoms with Gasteiger partial charge in [0.1, 0.15) is 16.9 Å². The van der Waals surface area contributed by atoms with Crippen LogP contribution in [0.2, 0.25) is 0 Å². The van der Waals surface area contributed by atoms with Crippen LogP contribution in [0.4, 0.5) is 0 Å². The van der Waals surface area contributed by atoms with E-state index >= 15 is 0 Å². The topological polar surface area (TPSA) is 116 Å². The molecular weight excluding hydrogens is 340 g/mol. The Morgan fingerprint density at radius 3 is 2.81 bits per heavy atom. The maximum absolute atomic E-state index is 12.0. The standard InChI is InChI=1S/C17H14N4O5/c1-8-4-9(24-3)5-12-10(8)6-13(25-12)16-18-14(20-26-16)11-7-21(2)17(23)19-15(11)22/h4-7H,1-3H3,(H,19,22,23). The third-order valence-corrected chi connectivity index (χ3v) is 4.04. The SMILES string of the molecule is COc1cc(C)c2cc(-c3nc(-c4cn(C)c(=O)[nH]c4=O)no3)oc2c1. The highest BCUT2D eigenvalue weighted by atomic mass is 16.5. The van der Waals surface area contributed by atoms with Gasteiger partial charge < -0.3 is 18.2 Å². The van der Waals surface area contributed by atoms with Gasteiger partial charge in [-0.1, -0.05) is 5.16 Å². The molecule has 132 valence electrons. The maximum Gasteiger partial charge on any atom is 0.328 e. The van der Waals surface area contributed by atoms with Gasteiger partial charge in [0.15, 0.2) is 5.76 Å². The molecule has 4 aromatic rings. The van der Waals surface area contributed by atoms with Crippen LogP contribution in [-0.4, -0.2) is 26.8 Å². The summed E-state index contributed by atoms with van der Waals surface area (Å²) in [5.41, 5.74) is 0.603. The highest BCUT2D eigenvalue weighted by Crippen LogP contribution is 2.32. The van der Waals surface area contributed by atoms with Crippen LogP contribution in [0.1, 0.15) is 5.56 Å². The third-order valence-electron chi connectivity index (χ3n) is 4.04. The number of hydrogen-bond acceptors (Lipinski definition) is 7. The second-order valence-corrected chi connectivity index (χ2v) is 5.80. The van der Waals surface area contributed by atoms with Crippen LogP contribution in [0.3, 0.4) is 0 Å². The van der Waals surface area contributed by atoms with Crippen LogP contribution >= 0.6 is 0 Å². The van der Waals surface area contributed by atoms with E-state index in [4.69, 9.17) is 13.7 Å². The molecule has 0 aliphatic heterocycles. The Bertz CT molecular complexity index is 1240. The predicted molar refractivity (Wildman–Crippen MR) is 92.1 cm³/mol. The molecule has 0 aliphatic rings. The van der Waals surface area contributed by atoms with Crippen molar-refractivity contribution in [3.8, 4) is 28.8 Å². The summed E-state index contributed by atoms with van der Waals surface area (Å²) in [5, 5.41) is 4.70. The van der Waals surface area contributed by atoms with E-state index in [9.17, 15) is 9.59 Å². The average Bonchev–Trinajstić information content (AvgIpc) is 3.24. The molecule has 0 saturated heterocycles. The quantitative estimate of drug-likeness (QED) is 0.597. The van der Waals surface area contributed by atoms with Gasteiger partial charge in [-0.2, -0.15) is 4.98 Å². The minimum Gasteiger partial charge on any atom is -0.497 e. The first-order valence-corrected chi connectivity index (χ1v) is 7.69. The predicted octanol–water partition coefficient (Wildman–Crippen LogP) is 1.85. The molecule has 3 aromatic heterocycles. The summed E-state index contributed by atoms with van der Waals surface area (Å²) in [6.07, 6.45) is 1.35. The molecule has 26 heavy (non-hydrogen) atoms. The number of hydrogen-bond donors (Lipinski definition) is 1. The summed E-state index contributed by atoms with van der Waals surface area (Å²) >= 11 is 0. The number of aromatic amines is 1. The zero-order valence-corrected chi connectivity index (χ0v) is 14.2. The third kappa shape index (κ3) is 2.50. The van der Waals surface area contributed by atoms with Crippen molar-refractivity contribution in [1.82, 2.24) is 19.7 Å². The van der Waals surface area contributed by atoms with Gasteiger partial charge in [0.25, 0.3) is 11.4 Å². The zero-order valence-electron chi connectivity index (χ0n) is 14.2. The summed E-state index contributed by atoms with van der Waals surface area (Å²) in [6, 6.07) is 5.44. The van der Waals surface area contributed by atoms with Crippen LogP contribution in [-0.2, 0) is 7.05 Å². The number of fused-ring (bicyclic) bond motifs is 1. The van der Waals surface area contributed by atoms with Crippen molar-refractivity contribution < 1.29 is 13.7 Å². The molecule has 0 aliphatic carbocycles. The number of aryl methyl sites for hydroxylation is 2. The van der Waals surface area contributed by atoms with Crippen molar-refractivity contribution in [2.45, 2.75) is 6.92 Å². The number of nitrogens with one attached hydrogen (secondary N) is 1. The van der Waals surface area contributed by atoms with Gasteiger partial charge >= 0.3 is 5.69 Å². The van der Waals surface area contributed by atoms with Crippen molar-refractivity contribution in [3.05, 3.63) is 50.8 Å². The molecule has 0 amide bonds. The number of ether oxygens (including phenoxy) is 1. The monoisotopic (exact) mass is 354 g/mol. The lowest BCUT2D eigenvalue weighted by atomic mass is 10.1. The average molecular weight is 354 g/mol. The molecule has 0 bridgehead atoms. The molecule has 0 spiro atoms. The van der Waals surface area contributed by atoms with Gasteiger partial charge in [0, 0.05) is 24.7 Å². The Hall–Kier alpha value is -3.62. The van der Waals surface area contributed by atoms with Gasteiger partial charge in [-0.3, -0.25) is 9.78 Å². The van der Waals surface area contributed by atoms with Gasteiger partial charge in [0.2, 0.25) is 5.82 Å². The van der Waals surface area contributed by atoms with E-state index in [1.54, 1.807) is 19.2 Å². The first-order valence-electron chi connectivity index (χ1n) is 7.69. The molecule has 0 saturated carbocycles. The van der Waals surface area contributed by atoms with Crippen LogP contribution < -0.4 is 16.0 Å². The molecular formula is C17H14N4O5. The van der Waals surface area contributed by atoms with Gasteiger partial charge in [0.05, 0.1) is 7.11 Å². The van der Waals surface area contributed by atoms with Crippen molar-refractivity contribution >= 4 is 11.0 Å². The number of furan rings is 1. The fourth-order valence-corrected chi connectivity index (χ4v) is 2.66. The lowest BCUT2D eigenvalue weighted by Crippen LogP contribution is -2.28. The molecule has 1 N–H and O–H groups in total. The molecule has 0 radical (unpaired) electrons. The number of aromatic nitrogens is 4. The number of methoxy groups -OCH3 is 1. The fraction of sp³-hybridized carbons (Fsp3) is 0.176. The van der Waals surface area contributed by atoms with Crippen molar-refractivity contribution in [2.75, 3.05) is 7.11 Å². The lowest BCUT2D eigenvalue weighted by Gasteiger charge is -2.00. The van der Waals surface area contributed by atoms with E-state index in [1.807, 2.05) is 13.0 Å². The van der Waals surface area contributed by atoms with Gasteiger partial charge in [-0.25, -0.2) is 4.79 Å². The van der Waals surface area contributed by atoms with Crippen molar-refractivity contribution in [1.29, 1.82) is 0 Å². The molecule has 0 fully saturated rings. The fourth-order valence-electron chi connectivity index (χ4n) is 2.66. The first kappa shape index (κ1) is 15.9. The van der Waals surface area contributed by atoms with Gasteiger partial charge in [-0.15, -0.1) is 0 Å². The van der Waals surface area contributed by atoms with Crippen molar-refractivity contribution in [3.63, 3.8) is 0 Å². The summed E-state index contributed by atoms with van der Waals surface area (Å²) in [4.78, 5) is 29.8. The number of benzene rings is 1. The minimum atomic E-state index is -0.592.